The predicted octanol–water partition coefficient (Wildman–Crippen LogP) is 0.476. The zero-order valence-electron chi connectivity index (χ0n) is 15.7. The number of piperazine rings is 1. The van der Waals surface area contributed by atoms with Crippen LogP contribution in [-0.2, 0) is 16.7 Å². The molecule has 1 aromatic heterocycles. The van der Waals surface area contributed by atoms with Crippen molar-refractivity contribution >= 4 is 22.2 Å². The summed E-state index contributed by atoms with van der Waals surface area (Å²) in [5, 5.41) is 13.8. The lowest BCUT2D eigenvalue weighted by Crippen LogP contribution is -3.14. The highest BCUT2D eigenvalue weighted by Crippen LogP contribution is 2.35. The third-order valence-corrected chi connectivity index (χ3v) is 7.75. The average Bonchev–Trinajstić information content (AvgIpc) is 3.48. The van der Waals surface area contributed by atoms with Crippen LogP contribution in [0, 0.1) is 23.0 Å². The molecule has 1 aliphatic heterocycles. The predicted molar refractivity (Wildman–Crippen MR) is 105 cm³/mol. The molecule has 0 amide bonds. The number of nitrogens with zero attached hydrogens (tertiary/aromatic N) is 5. The Morgan fingerprint density at radius 3 is 2.61 bits per heavy atom. The van der Waals surface area contributed by atoms with Crippen LogP contribution < -0.4 is 4.90 Å². The lowest BCUT2D eigenvalue weighted by atomic mass is 10.2. The first-order chi connectivity index (χ1) is 13.4. The molecule has 2 aromatic rings. The molecule has 1 aromatic carbocycles. The number of quaternary nitrogens is 1. The van der Waals surface area contributed by atoms with Gasteiger partial charge < -0.3 is 9.47 Å². The maximum absolute atomic E-state index is 12.9. The zero-order valence-corrected chi connectivity index (χ0v) is 17.3. The van der Waals surface area contributed by atoms with Crippen LogP contribution in [0.1, 0.15) is 30.3 Å². The molecule has 2 heterocycles. The largest absolute Gasteiger partial charge is 0.314 e. The van der Waals surface area contributed by atoms with Gasteiger partial charge in [0, 0.05) is 6.04 Å². The molecular formula is C18H23N6O2S2+. The Kier molecular flexibility index (Phi) is 5.09. The van der Waals surface area contributed by atoms with Gasteiger partial charge in [-0.2, -0.15) is 19.3 Å². The van der Waals surface area contributed by atoms with Crippen LogP contribution >= 0.6 is 12.2 Å². The average molecular weight is 420 g/mol. The van der Waals surface area contributed by atoms with Gasteiger partial charge in [0.2, 0.25) is 14.8 Å². The molecule has 2 aliphatic rings. The number of nitriles is 1. The van der Waals surface area contributed by atoms with Gasteiger partial charge in [-0.15, -0.1) is 0 Å². The van der Waals surface area contributed by atoms with Gasteiger partial charge >= 0.3 is 0 Å². The third-order valence-electron chi connectivity index (χ3n) is 5.38. The minimum atomic E-state index is -3.66. The first-order valence-electron chi connectivity index (χ1n) is 9.40. The number of hydrogen-bond donors (Lipinski definition) is 1. The van der Waals surface area contributed by atoms with Crippen molar-refractivity contribution in [1.29, 1.82) is 5.26 Å². The Balaban J connectivity index is 1.45. The lowest BCUT2D eigenvalue weighted by molar-refractivity contribution is -0.926. The van der Waals surface area contributed by atoms with E-state index in [9.17, 15) is 13.7 Å². The Morgan fingerprint density at radius 1 is 1.29 bits per heavy atom. The van der Waals surface area contributed by atoms with E-state index in [4.69, 9.17) is 12.2 Å². The van der Waals surface area contributed by atoms with Crippen molar-refractivity contribution in [1.82, 2.24) is 18.7 Å². The maximum Gasteiger partial charge on any atom is 0.244 e. The molecule has 148 valence electrons. The van der Waals surface area contributed by atoms with Crippen molar-refractivity contribution < 1.29 is 13.3 Å². The van der Waals surface area contributed by atoms with E-state index in [0.29, 0.717) is 38.9 Å². The van der Waals surface area contributed by atoms with Crippen molar-refractivity contribution in [3.8, 4) is 6.07 Å². The van der Waals surface area contributed by atoms with Gasteiger partial charge in [0.05, 0.1) is 36.6 Å². The molecule has 28 heavy (non-hydrogen) atoms. The Hall–Kier alpha value is -2.06. The van der Waals surface area contributed by atoms with E-state index in [0.717, 1.165) is 23.4 Å². The van der Waals surface area contributed by atoms with Crippen molar-refractivity contribution in [3.63, 3.8) is 0 Å². The number of aromatic nitrogens is 3. The Bertz CT molecular complexity index is 1090. The van der Waals surface area contributed by atoms with E-state index in [1.54, 1.807) is 12.1 Å². The summed E-state index contributed by atoms with van der Waals surface area (Å²) in [6.45, 7) is 4.79. The molecular weight excluding hydrogens is 396 g/mol. The fourth-order valence-corrected chi connectivity index (χ4v) is 5.69. The van der Waals surface area contributed by atoms with Crippen LogP contribution in [-0.4, -0.2) is 53.2 Å². The molecule has 10 heteroatoms. The van der Waals surface area contributed by atoms with Crippen molar-refractivity contribution in [3.05, 3.63) is 40.4 Å². The first-order valence-corrected chi connectivity index (χ1v) is 11.3. The second kappa shape index (κ2) is 7.40. The summed E-state index contributed by atoms with van der Waals surface area (Å²) in [4.78, 5) is 1.33. The summed E-state index contributed by atoms with van der Waals surface area (Å²) < 4.78 is 32.1. The Morgan fingerprint density at radius 2 is 1.96 bits per heavy atom. The van der Waals surface area contributed by atoms with Crippen LogP contribution in [0.15, 0.2) is 29.2 Å². The van der Waals surface area contributed by atoms with Gasteiger partial charge in [0.1, 0.15) is 11.9 Å². The van der Waals surface area contributed by atoms with Gasteiger partial charge in [-0.05, 0) is 44.1 Å². The molecule has 1 saturated heterocycles. The Labute approximate surface area is 169 Å². The van der Waals surface area contributed by atoms with E-state index in [1.807, 2.05) is 17.7 Å². The minimum Gasteiger partial charge on any atom is -0.314 e. The van der Waals surface area contributed by atoms with Crippen LogP contribution in [0.2, 0.25) is 0 Å². The van der Waals surface area contributed by atoms with Gasteiger partial charge in [-0.25, -0.2) is 8.42 Å². The highest BCUT2D eigenvalue weighted by atomic mass is 32.2. The van der Waals surface area contributed by atoms with Crippen LogP contribution in [0.3, 0.4) is 0 Å². The van der Waals surface area contributed by atoms with Crippen LogP contribution in [0.25, 0.3) is 0 Å². The number of benzene rings is 1. The number of nitrogens with one attached hydrogen (secondary N) is 1. The molecule has 1 aliphatic carbocycles. The van der Waals surface area contributed by atoms with E-state index >= 15 is 0 Å². The van der Waals surface area contributed by atoms with Gasteiger partial charge in [0.15, 0.2) is 6.67 Å². The number of sulfonamides is 1. The number of hydrogen-bond acceptors (Lipinski definition) is 5. The monoisotopic (exact) mass is 419 g/mol. The smallest absolute Gasteiger partial charge is 0.244 e. The highest BCUT2D eigenvalue weighted by molar-refractivity contribution is 7.89. The van der Waals surface area contributed by atoms with Crippen molar-refractivity contribution in [2.45, 2.75) is 37.4 Å². The first kappa shape index (κ1) is 19.3. The molecule has 0 radical (unpaired) electrons. The van der Waals surface area contributed by atoms with E-state index in [1.165, 1.54) is 21.3 Å². The minimum absolute atomic E-state index is 0.0852. The molecule has 1 saturated carbocycles. The highest BCUT2D eigenvalue weighted by Gasteiger charge is 2.33. The van der Waals surface area contributed by atoms with E-state index in [-0.39, 0.29) is 10.5 Å². The third kappa shape index (κ3) is 3.51. The molecule has 2 fully saturated rings. The van der Waals surface area contributed by atoms with Gasteiger partial charge in [0.25, 0.3) is 0 Å². The summed E-state index contributed by atoms with van der Waals surface area (Å²) in [7, 11) is -3.66. The van der Waals surface area contributed by atoms with Crippen molar-refractivity contribution in [2.75, 3.05) is 26.2 Å². The summed E-state index contributed by atoms with van der Waals surface area (Å²) in [5.41, 5.74) is 0.185. The molecule has 0 spiro atoms. The summed E-state index contributed by atoms with van der Waals surface area (Å²) in [6.07, 6.45) is 2.32. The fraction of sp³-hybridized carbons (Fsp3) is 0.500. The quantitative estimate of drug-likeness (QED) is 0.712. The molecule has 8 nitrogen and oxygen atoms in total. The number of aryl methyl sites for hydroxylation is 1. The van der Waals surface area contributed by atoms with Crippen LogP contribution in [0.5, 0.6) is 0 Å². The summed E-state index contributed by atoms with van der Waals surface area (Å²) in [5.74, 6) is 0.946. The van der Waals surface area contributed by atoms with Gasteiger partial charge in [-0.3, -0.25) is 0 Å². The van der Waals surface area contributed by atoms with E-state index < -0.39 is 10.0 Å². The molecule has 0 bridgehead atoms. The topological polar surface area (TPSA) is 88.4 Å². The van der Waals surface area contributed by atoms with E-state index in [2.05, 4.69) is 9.67 Å². The maximum atomic E-state index is 12.9. The summed E-state index contributed by atoms with van der Waals surface area (Å²) >= 11 is 5.58. The molecule has 4 rings (SSSR count). The molecule has 0 unspecified atom stereocenters. The van der Waals surface area contributed by atoms with Crippen LogP contribution in [0.4, 0.5) is 0 Å². The lowest BCUT2D eigenvalue weighted by Gasteiger charge is -2.31. The fourth-order valence-electron chi connectivity index (χ4n) is 3.72. The normalized spacial score (nSPS) is 18.9. The summed E-state index contributed by atoms with van der Waals surface area (Å²) in [6, 6.07) is 8.83. The SMILES string of the molecule is Cc1nn(C[NH+]2CCN(S(=O)(=O)c3ccccc3C#N)CC2)c(=S)n1C1CC1. The zero-order chi connectivity index (χ0) is 19.9. The van der Waals surface area contributed by atoms with Crippen molar-refractivity contribution in [2.24, 2.45) is 0 Å². The second-order valence-electron chi connectivity index (χ2n) is 7.35. The molecule has 0 atom stereocenters. The standard InChI is InChI=1S/C18H22N6O2S2/c1-14-20-23(18(27)24(14)16-6-7-16)13-21-8-10-22(11-9-21)28(25,26)17-5-3-2-4-15(17)12-19/h2-5,16H,6-11,13H2,1H3/p+1. The molecule has 1 N–H and O–H groups in total. The second-order valence-corrected chi connectivity index (χ2v) is 9.62. The number of rotatable bonds is 5. The van der Waals surface area contributed by atoms with Gasteiger partial charge in [-0.1, -0.05) is 12.1 Å².